The predicted octanol–water partition coefficient (Wildman–Crippen LogP) is 2.34. The Labute approximate surface area is 131 Å². The average molecular weight is 324 g/mol. The Morgan fingerprint density at radius 1 is 1.36 bits per heavy atom. The molecule has 0 amide bonds. The molecule has 1 heterocycles. The lowest BCUT2D eigenvalue weighted by atomic mass is 10.1. The van der Waals surface area contributed by atoms with Gasteiger partial charge in [0.2, 0.25) is 0 Å². The number of hydrogen-bond donors (Lipinski definition) is 2. The van der Waals surface area contributed by atoms with Gasteiger partial charge in [-0.2, -0.15) is 0 Å². The summed E-state index contributed by atoms with van der Waals surface area (Å²) in [6.45, 7) is 0. The summed E-state index contributed by atoms with van der Waals surface area (Å²) in [5, 5.41) is 9.06. The zero-order valence-electron chi connectivity index (χ0n) is 11.7. The van der Waals surface area contributed by atoms with E-state index in [0.29, 0.717) is 17.1 Å². The van der Waals surface area contributed by atoms with Gasteiger partial charge < -0.3 is 20.0 Å². The summed E-state index contributed by atoms with van der Waals surface area (Å²) < 4.78 is 10.2. The first-order valence-corrected chi connectivity index (χ1v) is 6.75. The zero-order valence-corrected chi connectivity index (χ0v) is 12.5. The Balaban J connectivity index is 2.28. The number of esters is 1. The number of carboxylic acids is 1. The number of nitrogens with two attached hydrogens (primary N) is 1. The minimum absolute atomic E-state index is 0.0762. The molecule has 0 spiro atoms. The van der Waals surface area contributed by atoms with E-state index in [0.717, 1.165) is 0 Å². The fourth-order valence-electron chi connectivity index (χ4n) is 1.89. The zero-order chi connectivity index (χ0) is 16.3. The maximum absolute atomic E-state index is 11.6. The van der Waals surface area contributed by atoms with E-state index in [-0.39, 0.29) is 17.0 Å². The van der Waals surface area contributed by atoms with E-state index in [2.05, 4.69) is 4.74 Å². The number of carbonyl (C=O) groups excluding carboxylic acids is 1. The molecule has 0 aliphatic rings. The van der Waals surface area contributed by atoms with Crippen LogP contribution in [0.4, 0.5) is 0 Å². The Morgan fingerprint density at radius 2 is 2.09 bits per heavy atom. The second kappa shape index (κ2) is 6.64. The summed E-state index contributed by atoms with van der Waals surface area (Å²) in [7, 11) is 1.27. The first-order chi connectivity index (χ1) is 10.4. The summed E-state index contributed by atoms with van der Waals surface area (Å²) in [5.74, 6) is -0.724. The van der Waals surface area contributed by atoms with Crippen molar-refractivity contribution >= 4 is 23.5 Å². The van der Waals surface area contributed by atoms with Crippen molar-refractivity contribution in [2.45, 2.75) is 12.5 Å². The number of methoxy groups -OCH3 is 1. The largest absolute Gasteiger partial charge is 0.480 e. The third-order valence-corrected chi connectivity index (χ3v) is 3.39. The molecule has 0 saturated heterocycles. The van der Waals surface area contributed by atoms with Gasteiger partial charge in [0.05, 0.1) is 17.7 Å². The molecule has 3 N–H and O–H groups in total. The van der Waals surface area contributed by atoms with Gasteiger partial charge in [-0.15, -0.1) is 0 Å². The van der Waals surface area contributed by atoms with Gasteiger partial charge in [-0.3, -0.25) is 4.79 Å². The Kier molecular flexibility index (Phi) is 4.85. The van der Waals surface area contributed by atoms with Crippen LogP contribution in [0, 0.1) is 0 Å². The molecule has 1 atom stereocenters. The SMILES string of the molecule is COC(=O)c1cc(-c2ccc(CC(N)C(=O)O)o2)ccc1Cl. The van der Waals surface area contributed by atoms with Crippen molar-refractivity contribution in [2.24, 2.45) is 5.73 Å². The fraction of sp³-hybridized carbons (Fsp3) is 0.200. The number of hydrogen-bond acceptors (Lipinski definition) is 5. The summed E-state index contributed by atoms with van der Waals surface area (Å²) in [4.78, 5) is 22.4. The van der Waals surface area contributed by atoms with Crippen LogP contribution in [0.15, 0.2) is 34.7 Å². The Hall–Kier alpha value is -2.31. The van der Waals surface area contributed by atoms with Gasteiger partial charge in [0.1, 0.15) is 17.6 Å². The molecule has 1 unspecified atom stereocenters. The maximum Gasteiger partial charge on any atom is 0.339 e. The molecule has 0 aliphatic carbocycles. The third-order valence-electron chi connectivity index (χ3n) is 3.06. The van der Waals surface area contributed by atoms with Crippen LogP contribution in [0.1, 0.15) is 16.1 Å². The molecule has 22 heavy (non-hydrogen) atoms. The molecule has 116 valence electrons. The molecule has 0 fully saturated rings. The summed E-state index contributed by atoms with van der Waals surface area (Å²) in [6.07, 6.45) is 0.0762. The average Bonchev–Trinajstić information content (AvgIpc) is 2.95. The molecular weight excluding hydrogens is 310 g/mol. The first-order valence-electron chi connectivity index (χ1n) is 6.37. The maximum atomic E-state index is 11.6. The van der Waals surface area contributed by atoms with Crippen LogP contribution in [0.25, 0.3) is 11.3 Å². The molecule has 0 aliphatic heterocycles. The number of carbonyl (C=O) groups is 2. The second-order valence-corrected chi connectivity index (χ2v) is 5.01. The molecule has 0 saturated carbocycles. The van der Waals surface area contributed by atoms with E-state index >= 15 is 0 Å². The van der Waals surface area contributed by atoms with Crippen LogP contribution in [-0.2, 0) is 16.0 Å². The number of rotatable bonds is 5. The summed E-state index contributed by atoms with van der Waals surface area (Å²) >= 11 is 5.95. The molecular formula is C15H14ClNO5. The van der Waals surface area contributed by atoms with Crippen molar-refractivity contribution < 1.29 is 23.8 Å². The summed E-state index contributed by atoms with van der Waals surface area (Å²) in [5.41, 5.74) is 6.31. The van der Waals surface area contributed by atoms with Crippen LogP contribution in [0.5, 0.6) is 0 Å². The molecule has 1 aromatic carbocycles. The third kappa shape index (κ3) is 3.47. The van der Waals surface area contributed by atoms with Gasteiger partial charge in [0.25, 0.3) is 0 Å². The number of ether oxygens (including phenoxy) is 1. The van der Waals surface area contributed by atoms with E-state index in [1.54, 1.807) is 30.3 Å². The lowest BCUT2D eigenvalue weighted by molar-refractivity contribution is -0.138. The predicted molar refractivity (Wildman–Crippen MR) is 79.8 cm³/mol. The highest BCUT2D eigenvalue weighted by atomic mass is 35.5. The smallest absolute Gasteiger partial charge is 0.339 e. The minimum Gasteiger partial charge on any atom is -0.480 e. The Bertz CT molecular complexity index is 710. The van der Waals surface area contributed by atoms with Crippen molar-refractivity contribution in [3.05, 3.63) is 46.7 Å². The van der Waals surface area contributed by atoms with E-state index in [1.165, 1.54) is 7.11 Å². The fourth-order valence-corrected chi connectivity index (χ4v) is 2.09. The monoisotopic (exact) mass is 323 g/mol. The van der Waals surface area contributed by atoms with Gasteiger partial charge in [0, 0.05) is 12.0 Å². The van der Waals surface area contributed by atoms with E-state index in [1.807, 2.05) is 0 Å². The molecule has 2 aromatic rings. The van der Waals surface area contributed by atoms with Gasteiger partial charge in [-0.1, -0.05) is 11.6 Å². The van der Waals surface area contributed by atoms with Crippen LogP contribution in [0.2, 0.25) is 5.02 Å². The first kappa shape index (κ1) is 16.1. The molecule has 1 aromatic heterocycles. The van der Waals surface area contributed by atoms with E-state index < -0.39 is 18.0 Å². The van der Waals surface area contributed by atoms with Crippen molar-refractivity contribution in [3.8, 4) is 11.3 Å². The molecule has 2 rings (SSSR count). The molecule has 7 heteroatoms. The lowest BCUT2D eigenvalue weighted by Crippen LogP contribution is -2.32. The van der Waals surface area contributed by atoms with E-state index in [4.69, 9.17) is 26.9 Å². The van der Waals surface area contributed by atoms with Gasteiger partial charge in [-0.25, -0.2) is 4.79 Å². The van der Waals surface area contributed by atoms with Gasteiger partial charge >= 0.3 is 11.9 Å². The minimum atomic E-state index is -1.10. The quantitative estimate of drug-likeness (QED) is 0.819. The van der Waals surface area contributed by atoms with Crippen LogP contribution < -0.4 is 5.73 Å². The molecule has 0 bridgehead atoms. The van der Waals surface area contributed by atoms with Crippen molar-refractivity contribution in [3.63, 3.8) is 0 Å². The number of halogens is 1. The lowest BCUT2D eigenvalue weighted by Gasteiger charge is -2.05. The van der Waals surface area contributed by atoms with Crippen LogP contribution >= 0.6 is 11.6 Å². The van der Waals surface area contributed by atoms with Gasteiger partial charge in [0.15, 0.2) is 0 Å². The Morgan fingerprint density at radius 3 is 2.73 bits per heavy atom. The topological polar surface area (TPSA) is 103 Å². The number of benzene rings is 1. The van der Waals surface area contributed by atoms with Crippen molar-refractivity contribution in [2.75, 3.05) is 7.11 Å². The number of furan rings is 1. The number of carboxylic acid groups (broad SMARTS) is 1. The summed E-state index contributed by atoms with van der Waals surface area (Å²) in [6, 6.07) is 7.09. The molecule has 0 radical (unpaired) electrons. The highest BCUT2D eigenvalue weighted by Crippen LogP contribution is 2.27. The normalized spacial score (nSPS) is 12.0. The van der Waals surface area contributed by atoms with Crippen molar-refractivity contribution in [1.29, 1.82) is 0 Å². The van der Waals surface area contributed by atoms with Gasteiger partial charge in [-0.05, 0) is 30.3 Å². The van der Waals surface area contributed by atoms with Crippen LogP contribution in [0.3, 0.4) is 0 Å². The number of aliphatic carboxylic acids is 1. The van der Waals surface area contributed by atoms with Crippen LogP contribution in [-0.4, -0.2) is 30.2 Å². The van der Waals surface area contributed by atoms with Crippen molar-refractivity contribution in [1.82, 2.24) is 0 Å². The standard InChI is InChI=1S/C15H14ClNO5/c1-21-15(20)10-6-8(2-4-11(10)16)13-5-3-9(22-13)7-12(17)14(18)19/h2-6,12H,7,17H2,1H3,(H,18,19). The highest BCUT2D eigenvalue weighted by Gasteiger charge is 2.17. The highest BCUT2D eigenvalue weighted by molar-refractivity contribution is 6.33. The van der Waals surface area contributed by atoms with E-state index in [9.17, 15) is 9.59 Å². The molecule has 6 nitrogen and oxygen atoms in total. The second-order valence-electron chi connectivity index (χ2n) is 4.60.